The summed E-state index contributed by atoms with van der Waals surface area (Å²) in [6.07, 6.45) is 3.46. The zero-order chi connectivity index (χ0) is 24.0. The highest BCUT2D eigenvalue weighted by atomic mass is 16.5. The van der Waals surface area contributed by atoms with Crippen molar-refractivity contribution in [2.45, 2.75) is 12.1 Å². The van der Waals surface area contributed by atoms with Crippen molar-refractivity contribution in [3.05, 3.63) is 66.1 Å². The molecule has 0 spiro atoms. The first-order valence-electron chi connectivity index (χ1n) is 10.4. The molecule has 2 aromatic heterocycles. The predicted octanol–water partition coefficient (Wildman–Crippen LogP) is 2.36. The molecule has 1 saturated heterocycles. The molecule has 5 rings (SSSR count). The number of imide groups is 1. The number of amides is 3. The Morgan fingerprint density at radius 1 is 1.18 bits per heavy atom. The number of benzene rings is 2. The van der Waals surface area contributed by atoms with Gasteiger partial charge < -0.3 is 19.7 Å². The van der Waals surface area contributed by atoms with E-state index in [1.165, 1.54) is 11.7 Å². The Balaban J connectivity index is 1.57. The second kappa shape index (κ2) is 7.67. The molecule has 1 aliphatic rings. The molecule has 4 aromatic rings. The van der Waals surface area contributed by atoms with Crippen molar-refractivity contribution >= 4 is 22.7 Å². The molecule has 1 aliphatic heterocycles. The first kappa shape index (κ1) is 21.1. The molecule has 10 heteroatoms. The van der Waals surface area contributed by atoms with Gasteiger partial charge in [0.25, 0.3) is 5.91 Å². The van der Waals surface area contributed by atoms with Crippen molar-refractivity contribution in [2.24, 2.45) is 7.05 Å². The summed E-state index contributed by atoms with van der Waals surface area (Å²) in [5.41, 5.74) is 0.774. The van der Waals surface area contributed by atoms with Gasteiger partial charge in [0, 0.05) is 35.8 Å². The number of nitrogens with one attached hydrogen (secondary N) is 2. The van der Waals surface area contributed by atoms with Crippen LogP contribution >= 0.6 is 0 Å². The monoisotopic (exact) mass is 456 g/mol. The molecule has 0 bridgehead atoms. The normalized spacial score (nSPS) is 17.4. The van der Waals surface area contributed by atoms with E-state index in [9.17, 15) is 20.0 Å². The van der Waals surface area contributed by atoms with E-state index in [1.54, 1.807) is 66.6 Å². The highest BCUT2D eigenvalue weighted by Gasteiger charge is 2.48. The summed E-state index contributed by atoms with van der Waals surface area (Å²) >= 11 is 0. The molecule has 0 unspecified atom stereocenters. The maximum atomic E-state index is 13.0. The van der Waals surface area contributed by atoms with Gasteiger partial charge in [-0.15, -0.1) is 0 Å². The maximum absolute atomic E-state index is 13.0. The average molecular weight is 456 g/mol. The third-order valence-electron chi connectivity index (χ3n) is 6.04. The largest absolute Gasteiger partial charge is 0.497 e. The number of aromatic nitrogens is 3. The van der Waals surface area contributed by atoms with Crippen molar-refractivity contribution in [1.29, 1.82) is 5.26 Å². The Hall–Kier alpha value is -4.78. The summed E-state index contributed by atoms with van der Waals surface area (Å²) in [5, 5.41) is 30.7. The lowest BCUT2D eigenvalue weighted by Gasteiger charge is -2.27. The second-order valence-corrected chi connectivity index (χ2v) is 8.10. The standard InChI is InChI=1S/C24H20N6O4/c1-29-12-19(20(10-25)28-29)14-3-6-16(7-4-14)24(22(32)26-23(33)27-24)13-30-11-15-5-8-17(34-2)9-18(15)21(30)31/h3-9,11-12,31H,13H2,1-2H3,(H2,26,27,32,33)/t24-/m0/s1. The van der Waals surface area contributed by atoms with E-state index in [4.69, 9.17) is 4.74 Å². The Morgan fingerprint density at radius 2 is 1.94 bits per heavy atom. The minimum absolute atomic E-state index is 0.0386. The number of aryl methyl sites for hydroxylation is 1. The number of urea groups is 1. The smallest absolute Gasteiger partial charge is 0.322 e. The van der Waals surface area contributed by atoms with E-state index in [2.05, 4.69) is 21.8 Å². The first-order valence-corrected chi connectivity index (χ1v) is 10.4. The lowest BCUT2D eigenvalue weighted by molar-refractivity contribution is -0.124. The third kappa shape index (κ3) is 3.22. The van der Waals surface area contributed by atoms with Crippen LogP contribution in [0.15, 0.2) is 54.9 Å². The Kier molecular flexibility index (Phi) is 4.76. The Bertz CT molecular complexity index is 1490. The van der Waals surface area contributed by atoms with Gasteiger partial charge in [-0.3, -0.25) is 14.8 Å². The van der Waals surface area contributed by atoms with E-state index < -0.39 is 17.5 Å². The first-order chi connectivity index (χ1) is 16.3. The number of nitriles is 1. The number of aromatic hydroxyl groups is 1. The van der Waals surface area contributed by atoms with Crippen molar-refractivity contribution < 1.29 is 19.4 Å². The quantitative estimate of drug-likeness (QED) is 0.395. The van der Waals surface area contributed by atoms with E-state index in [0.717, 1.165) is 10.9 Å². The van der Waals surface area contributed by atoms with Crippen molar-refractivity contribution in [1.82, 2.24) is 25.0 Å². The molecular weight excluding hydrogens is 436 g/mol. The Morgan fingerprint density at radius 3 is 2.59 bits per heavy atom. The van der Waals surface area contributed by atoms with Crippen LogP contribution < -0.4 is 15.4 Å². The predicted molar refractivity (Wildman–Crippen MR) is 122 cm³/mol. The summed E-state index contributed by atoms with van der Waals surface area (Å²) in [6, 6.07) is 13.7. The van der Waals surface area contributed by atoms with Crippen LogP contribution in [-0.2, 0) is 23.9 Å². The van der Waals surface area contributed by atoms with Gasteiger partial charge in [-0.2, -0.15) is 10.4 Å². The summed E-state index contributed by atoms with van der Waals surface area (Å²) < 4.78 is 8.32. The van der Waals surface area contributed by atoms with E-state index in [-0.39, 0.29) is 18.1 Å². The molecule has 170 valence electrons. The van der Waals surface area contributed by atoms with Gasteiger partial charge in [-0.1, -0.05) is 24.3 Å². The van der Waals surface area contributed by atoms with Gasteiger partial charge in [0.1, 0.15) is 11.8 Å². The minimum Gasteiger partial charge on any atom is -0.497 e. The number of hydrogen-bond acceptors (Lipinski definition) is 6. The molecule has 0 saturated carbocycles. The fourth-order valence-electron chi connectivity index (χ4n) is 4.34. The van der Waals surface area contributed by atoms with E-state index >= 15 is 0 Å². The minimum atomic E-state index is -1.45. The number of carbonyl (C=O) groups is 2. The molecule has 3 amide bonds. The van der Waals surface area contributed by atoms with Crippen LogP contribution in [0, 0.1) is 11.3 Å². The molecule has 34 heavy (non-hydrogen) atoms. The zero-order valence-corrected chi connectivity index (χ0v) is 18.4. The van der Waals surface area contributed by atoms with Gasteiger partial charge in [0.15, 0.2) is 17.1 Å². The lowest BCUT2D eigenvalue weighted by atomic mass is 9.88. The number of rotatable bonds is 5. The van der Waals surface area contributed by atoms with Crippen LogP contribution in [0.5, 0.6) is 11.6 Å². The van der Waals surface area contributed by atoms with Gasteiger partial charge in [-0.05, 0) is 29.3 Å². The number of nitrogens with zero attached hydrogens (tertiary/aromatic N) is 4. The van der Waals surface area contributed by atoms with Gasteiger partial charge >= 0.3 is 6.03 Å². The summed E-state index contributed by atoms with van der Waals surface area (Å²) in [6.45, 7) is -0.0386. The number of hydrogen-bond donors (Lipinski definition) is 3. The van der Waals surface area contributed by atoms with Crippen LogP contribution in [-0.4, -0.2) is 38.5 Å². The van der Waals surface area contributed by atoms with Crippen LogP contribution in [0.4, 0.5) is 4.79 Å². The fraction of sp³-hybridized carbons (Fsp3) is 0.167. The Labute approximate surface area is 194 Å². The van der Waals surface area contributed by atoms with Crippen LogP contribution in [0.25, 0.3) is 21.9 Å². The second-order valence-electron chi connectivity index (χ2n) is 8.10. The molecule has 2 aromatic carbocycles. The number of fused-ring (bicyclic) bond motifs is 1. The van der Waals surface area contributed by atoms with Gasteiger partial charge in [-0.25, -0.2) is 4.79 Å². The van der Waals surface area contributed by atoms with Crippen molar-refractivity contribution in [2.75, 3.05) is 7.11 Å². The summed E-state index contributed by atoms with van der Waals surface area (Å²) in [7, 11) is 3.27. The van der Waals surface area contributed by atoms with Gasteiger partial charge in [0.2, 0.25) is 0 Å². The molecule has 1 atom stereocenters. The molecule has 10 nitrogen and oxygen atoms in total. The van der Waals surface area contributed by atoms with E-state index in [1.807, 2.05) is 0 Å². The summed E-state index contributed by atoms with van der Waals surface area (Å²) in [4.78, 5) is 25.2. The topological polar surface area (TPSA) is 134 Å². The maximum Gasteiger partial charge on any atom is 0.322 e. The number of ether oxygens (including phenoxy) is 1. The van der Waals surface area contributed by atoms with Crippen molar-refractivity contribution in [3.63, 3.8) is 0 Å². The molecule has 0 radical (unpaired) electrons. The lowest BCUT2D eigenvalue weighted by Crippen LogP contribution is -2.47. The third-order valence-corrected chi connectivity index (χ3v) is 6.04. The number of methoxy groups -OCH3 is 1. The molecular formula is C24H20N6O4. The SMILES string of the molecule is COc1ccc2cn(C[C@@]3(c4ccc(-c5cn(C)nc5C#N)cc4)NC(=O)NC3=O)c(O)c2c1. The van der Waals surface area contributed by atoms with Crippen LogP contribution in [0.1, 0.15) is 11.3 Å². The fourth-order valence-corrected chi connectivity index (χ4v) is 4.34. The van der Waals surface area contributed by atoms with Gasteiger partial charge in [0.05, 0.1) is 13.7 Å². The molecule has 3 N–H and O–H groups in total. The highest BCUT2D eigenvalue weighted by molar-refractivity contribution is 6.07. The highest BCUT2D eigenvalue weighted by Crippen LogP contribution is 2.35. The molecule has 0 aliphatic carbocycles. The molecule has 3 heterocycles. The van der Waals surface area contributed by atoms with Crippen molar-refractivity contribution in [3.8, 4) is 28.8 Å². The summed E-state index contributed by atoms with van der Waals surface area (Å²) in [5.74, 6) is 0.0110. The zero-order valence-electron chi connectivity index (χ0n) is 18.4. The molecule has 1 fully saturated rings. The average Bonchev–Trinajstić information content (AvgIpc) is 3.46. The van der Waals surface area contributed by atoms with Crippen LogP contribution in [0.2, 0.25) is 0 Å². The van der Waals surface area contributed by atoms with Crippen LogP contribution in [0.3, 0.4) is 0 Å². The van der Waals surface area contributed by atoms with E-state index in [0.29, 0.717) is 22.3 Å². The number of carbonyl (C=O) groups excluding carboxylic acids is 2.